The molecule has 22 heavy (non-hydrogen) atoms. The zero-order chi connectivity index (χ0) is 16.1. The topological polar surface area (TPSA) is 64.6 Å². The second-order valence-electron chi connectivity index (χ2n) is 4.34. The van der Waals surface area contributed by atoms with Crippen LogP contribution < -0.4 is 10.1 Å². The number of carbonyl (C=O) groups excluding carboxylic acids is 2. The predicted octanol–water partition coefficient (Wildman–Crippen LogP) is 2.87. The Hall–Kier alpha value is -2.89. The normalized spacial score (nSPS) is 9.95. The molecule has 5 nitrogen and oxygen atoms in total. The summed E-state index contributed by atoms with van der Waals surface area (Å²) in [6.45, 7) is 0. The molecular formula is C16H14FNO4. The fraction of sp³-hybridized carbons (Fsp3) is 0.125. The lowest BCUT2D eigenvalue weighted by Gasteiger charge is -2.10. The zero-order valence-electron chi connectivity index (χ0n) is 12.1. The highest BCUT2D eigenvalue weighted by atomic mass is 19.1. The van der Waals surface area contributed by atoms with E-state index in [1.54, 1.807) is 6.07 Å². The Kier molecular flexibility index (Phi) is 4.73. The molecule has 2 aromatic rings. The average Bonchev–Trinajstić information content (AvgIpc) is 2.54. The highest BCUT2D eigenvalue weighted by molar-refractivity contribution is 6.05. The first-order chi connectivity index (χ1) is 10.6. The number of carbonyl (C=O) groups is 2. The molecule has 0 aliphatic rings. The van der Waals surface area contributed by atoms with E-state index in [4.69, 9.17) is 4.74 Å². The predicted molar refractivity (Wildman–Crippen MR) is 78.7 cm³/mol. The molecule has 0 saturated carbocycles. The van der Waals surface area contributed by atoms with Crippen molar-refractivity contribution in [1.82, 2.24) is 0 Å². The Morgan fingerprint density at radius 1 is 1.05 bits per heavy atom. The number of benzene rings is 2. The molecule has 0 fully saturated rings. The summed E-state index contributed by atoms with van der Waals surface area (Å²) in [6, 6.07) is 10.1. The molecule has 1 N–H and O–H groups in total. The van der Waals surface area contributed by atoms with Crippen molar-refractivity contribution in [1.29, 1.82) is 0 Å². The number of rotatable bonds is 4. The number of methoxy groups -OCH3 is 2. The van der Waals surface area contributed by atoms with E-state index in [2.05, 4.69) is 10.1 Å². The van der Waals surface area contributed by atoms with Gasteiger partial charge in [0, 0.05) is 11.8 Å². The van der Waals surface area contributed by atoms with Gasteiger partial charge in [-0.1, -0.05) is 12.1 Å². The highest BCUT2D eigenvalue weighted by Crippen LogP contribution is 2.24. The van der Waals surface area contributed by atoms with Crippen LogP contribution in [0, 0.1) is 5.82 Å². The Labute approximate surface area is 126 Å². The molecule has 6 heteroatoms. The molecule has 0 spiro atoms. The number of hydrogen-bond donors (Lipinski definition) is 1. The van der Waals surface area contributed by atoms with Crippen LogP contribution in [0.3, 0.4) is 0 Å². The van der Waals surface area contributed by atoms with Gasteiger partial charge in [-0.05, 0) is 24.3 Å². The Bertz CT molecular complexity index is 715. The number of hydrogen-bond acceptors (Lipinski definition) is 4. The molecule has 0 heterocycles. The van der Waals surface area contributed by atoms with Gasteiger partial charge in [-0.15, -0.1) is 0 Å². The molecule has 0 aliphatic carbocycles. The van der Waals surface area contributed by atoms with Gasteiger partial charge in [0.2, 0.25) is 0 Å². The molecule has 114 valence electrons. The second-order valence-corrected chi connectivity index (χ2v) is 4.34. The minimum Gasteiger partial charge on any atom is -0.496 e. The summed E-state index contributed by atoms with van der Waals surface area (Å²) in [5.41, 5.74) is 0.533. The van der Waals surface area contributed by atoms with Crippen molar-refractivity contribution in [2.75, 3.05) is 19.5 Å². The fourth-order valence-corrected chi connectivity index (χ4v) is 1.89. The number of anilines is 1. The smallest absolute Gasteiger partial charge is 0.341 e. The van der Waals surface area contributed by atoms with Gasteiger partial charge in [-0.2, -0.15) is 0 Å². The van der Waals surface area contributed by atoms with Crippen LogP contribution in [0.5, 0.6) is 5.75 Å². The maximum absolute atomic E-state index is 13.6. The van der Waals surface area contributed by atoms with Crippen LogP contribution in [0.2, 0.25) is 0 Å². The largest absolute Gasteiger partial charge is 0.496 e. The third-order valence-electron chi connectivity index (χ3n) is 2.98. The van der Waals surface area contributed by atoms with E-state index in [1.807, 2.05) is 0 Å². The van der Waals surface area contributed by atoms with E-state index in [1.165, 1.54) is 50.6 Å². The lowest BCUT2D eigenvalue weighted by Crippen LogP contribution is -2.14. The SMILES string of the molecule is COC(=O)c1ccc(NC(=O)c2ccccc2F)cc1OC. The summed E-state index contributed by atoms with van der Waals surface area (Å²) in [5.74, 6) is -1.51. The van der Waals surface area contributed by atoms with Crippen molar-refractivity contribution in [3.8, 4) is 5.75 Å². The second kappa shape index (κ2) is 6.71. The first-order valence-electron chi connectivity index (χ1n) is 6.39. The Morgan fingerprint density at radius 3 is 2.41 bits per heavy atom. The van der Waals surface area contributed by atoms with Gasteiger partial charge in [0.1, 0.15) is 17.1 Å². The molecule has 0 aliphatic heterocycles. The summed E-state index contributed by atoms with van der Waals surface area (Å²) < 4.78 is 23.3. The van der Waals surface area contributed by atoms with E-state index in [9.17, 15) is 14.0 Å². The first-order valence-corrected chi connectivity index (χ1v) is 6.39. The van der Waals surface area contributed by atoms with Crippen LogP contribution in [-0.2, 0) is 4.74 Å². The monoisotopic (exact) mass is 303 g/mol. The number of halogens is 1. The van der Waals surface area contributed by atoms with E-state index in [-0.39, 0.29) is 16.9 Å². The summed E-state index contributed by atoms with van der Waals surface area (Å²) >= 11 is 0. The van der Waals surface area contributed by atoms with Crippen molar-refractivity contribution in [2.45, 2.75) is 0 Å². The molecule has 0 saturated heterocycles. The van der Waals surface area contributed by atoms with E-state index < -0.39 is 17.7 Å². The molecule has 1 amide bonds. The van der Waals surface area contributed by atoms with Crippen molar-refractivity contribution in [3.05, 3.63) is 59.4 Å². The molecule has 0 unspecified atom stereocenters. The number of nitrogens with one attached hydrogen (secondary N) is 1. The minimum absolute atomic E-state index is 0.0708. The van der Waals surface area contributed by atoms with Crippen molar-refractivity contribution in [3.63, 3.8) is 0 Å². The molecule has 2 rings (SSSR count). The van der Waals surface area contributed by atoms with Gasteiger partial charge in [0.15, 0.2) is 0 Å². The first kappa shape index (κ1) is 15.5. The molecule has 0 bridgehead atoms. The quantitative estimate of drug-likeness (QED) is 0.882. The lowest BCUT2D eigenvalue weighted by atomic mass is 10.1. The van der Waals surface area contributed by atoms with E-state index in [0.717, 1.165) is 0 Å². The summed E-state index contributed by atoms with van der Waals surface area (Å²) in [5, 5.41) is 2.55. The van der Waals surface area contributed by atoms with Gasteiger partial charge in [-0.3, -0.25) is 4.79 Å². The van der Waals surface area contributed by atoms with E-state index >= 15 is 0 Å². The third-order valence-corrected chi connectivity index (χ3v) is 2.98. The Balaban J connectivity index is 2.25. The lowest BCUT2D eigenvalue weighted by molar-refractivity contribution is 0.0597. The van der Waals surface area contributed by atoms with Crippen molar-refractivity contribution >= 4 is 17.6 Å². The zero-order valence-corrected chi connectivity index (χ0v) is 12.1. The minimum atomic E-state index is -0.613. The van der Waals surface area contributed by atoms with Crippen LogP contribution in [0.4, 0.5) is 10.1 Å². The van der Waals surface area contributed by atoms with Crippen LogP contribution in [0.25, 0.3) is 0 Å². The molecular weight excluding hydrogens is 289 g/mol. The molecule has 2 aromatic carbocycles. The van der Waals surface area contributed by atoms with Crippen LogP contribution >= 0.6 is 0 Å². The molecule has 0 aromatic heterocycles. The summed E-state index contributed by atoms with van der Waals surface area (Å²) in [4.78, 5) is 23.6. The molecule has 0 radical (unpaired) electrons. The van der Waals surface area contributed by atoms with Crippen LogP contribution in [0.1, 0.15) is 20.7 Å². The number of amides is 1. The standard InChI is InChI=1S/C16H14FNO4/c1-21-14-9-10(7-8-12(14)16(20)22-2)18-15(19)11-5-3-4-6-13(11)17/h3-9H,1-2H3,(H,18,19). The molecule has 0 atom stereocenters. The maximum Gasteiger partial charge on any atom is 0.341 e. The summed E-state index contributed by atoms with van der Waals surface area (Å²) in [6.07, 6.45) is 0. The third kappa shape index (κ3) is 3.22. The number of ether oxygens (including phenoxy) is 2. The van der Waals surface area contributed by atoms with Crippen molar-refractivity contribution in [2.24, 2.45) is 0 Å². The highest BCUT2D eigenvalue weighted by Gasteiger charge is 2.15. The van der Waals surface area contributed by atoms with Crippen molar-refractivity contribution < 1.29 is 23.5 Å². The van der Waals surface area contributed by atoms with Gasteiger partial charge in [0.25, 0.3) is 5.91 Å². The summed E-state index contributed by atoms with van der Waals surface area (Å²) in [7, 11) is 2.65. The van der Waals surface area contributed by atoms with Gasteiger partial charge < -0.3 is 14.8 Å². The number of esters is 1. The van der Waals surface area contributed by atoms with E-state index in [0.29, 0.717) is 5.69 Å². The maximum atomic E-state index is 13.6. The van der Waals surface area contributed by atoms with Crippen LogP contribution in [0.15, 0.2) is 42.5 Å². The average molecular weight is 303 g/mol. The van der Waals surface area contributed by atoms with Crippen LogP contribution in [-0.4, -0.2) is 26.1 Å². The Morgan fingerprint density at radius 2 is 1.77 bits per heavy atom. The van der Waals surface area contributed by atoms with Gasteiger partial charge in [0.05, 0.1) is 19.8 Å². The van der Waals surface area contributed by atoms with Gasteiger partial charge >= 0.3 is 5.97 Å². The van der Waals surface area contributed by atoms with Gasteiger partial charge in [-0.25, -0.2) is 9.18 Å². The fourth-order valence-electron chi connectivity index (χ4n) is 1.89.